The van der Waals surface area contributed by atoms with Gasteiger partial charge in [-0.05, 0) is 78.9 Å². The minimum atomic E-state index is -4.43. The highest BCUT2D eigenvalue weighted by Gasteiger charge is 2.30. The third kappa shape index (κ3) is 5.18. The molecule has 162 valence electrons. The Labute approximate surface area is 182 Å². The van der Waals surface area contributed by atoms with Crippen LogP contribution in [-0.4, -0.2) is 10.4 Å². The number of furan rings is 1. The summed E-state index contributed by atoms with van der Waals surface area (Å²) in [5.41, 5.74) is 0.710. The van der Waals surface area contributed by atoms with Crippen molar-refractivity contribution in [1.29, 1.82) is 0 Å². The predicted molar refractivity (Wildman–Crippen MR) is 114 cm³/mol. The van der Waals surface area contributed by atoms with Crippen LogP contribution in [-0.2, 0) is 12.8 Å². The van der Waals surface area contributed by atoms with Gasteiger partial charge in [0.05, 0.1) is 5.56 Å². The van der Waals surface area contributed by atoms with Crippen molar-refractivity contribution in [1.82, 2.24) is 4.57 Å². The molecule has 0 amide bonds. The minimum absolute atomic E-state index is 0.0377. The van der Waals surface area contributed by atoms with Crippen molar-refractivity contribution in [3.63, 3.8) is 0 Å². The molecule has 0 radical (unpaired) electrons. The van der Waals surface area contributed by atoms with Crippen LogP contribution < -0.4 is 4.74 Å². The van der Waals surface area contributed by atoms with E-state index in [1.165, 1.54) is 24.3 Å². The molecule has 0 saturated carbocycles. The largest absolute Gasteiger partial charge is 0.486 e. The number of rotatable bonds is 7. The first-order valence-electron chi connectivity index (χ1n) is 9.73. The van der Waals surface area contributed by atoms with Crippen LogP contribution in [0, 0.1) is 0 Å². The number of carbonyl (C=O) groups excluding carboxylic acids is 1. The topological polar surface area (TPSA) is 44.4 Å². The molecular formula is C25H18F3NO3. The van der Waals surface area contributed by atoms with E-state index in [-0.39, 0.29) is 18.1 Å². The Morgan fingerprint density at radius 3 is 2.44 bits per heavy atom. The Kier molecular flexibility index (Phi) is 5.98. The number of nitrogens with zero attached hydrogens (tertiary/aromatic N) is 1. The third-order valence-electron chi connectivity index (χ3n) is 4.68. The fourth-order valence-corrected chi connectivity index (χ4v) is 3.04. The average molecular weight is 437 g/mol. The lowest BCUT2D eigenvalue weighted by Crippen LogP contribution is -2.05. The molecule has 0 aliphatic rings. The van der Waals surface area contributed by atoms with Gasteiger partial charge in [-0.1, -0.05) is 6.07 Å². The molecule has 2 heterocycles. The van der Waals surface area contributed by atoms with Crippen LogP contribution in [0.15, 0.2) is 95.7 Å². The van der Waals surface area contributed by atoms with Crippen molar-refractivity contribution < 1.29 is 27.1 Å². The Bertz CT molecular complexity index is 1220. The first-order valence-corrected chi connectivity index (χ1v) is 9.73. The van der Waals surface area contributed by atoms with Crippen molar-refractivity contribution >= 4 is 11.9 Å². The lowest BCUT2D eigenvalue weighted by Gasteiger charge is -2.09. The van der Waals surface area contributed by atoms with Gasteiger partial charge in [0, 0.05) is 23.6 Å². The van der Waals surface area contributed by atoms with Crippen LogP contribution in [0.5, 0.6) is 5.75 Å². The fourth-order valence-electron chi connectivity index (χ4n) is 3.04. The number of allylic oxidation sites excluding steroid dienone is 1. The molecule has 2 aromatic heterocycles. The summed E-state index contributed by atoms with van der Waals surface area (Å²) in [5, 5.41) is 0. The highest BCUT2D eigenvalue weighted by atomic mass is 19.4. The lowest BCUT2D eigenvalue weighted by atomic mass is 10.1. The van der Waals surface area contributed by atoms with Gasteiger partial charge in [-0.2, -0.15) is 13.2 Å². The van der Waals surface area contributed by atoms with Crippen LogP contribution in [0.25, 0.3) is 11.8 Å². The Morgan fingerprint density at radius 1 is 0.969 bits per heavy atom. The second kappa shape index (κ2) is 9.01. The molecule has 7 heteroatoms. The second-order valence-corrected chi connectivity index (χ2v) is 6.95. The summed E-state index contributed by atoms with van der Waals surface area (Å²) in [4.78, 5) is 12.4. The molecule has 0 spiro atoms. The number of aromatic nitrogens is 1. The molecule has 2 aromatic carbocycles. The van der Waals surface area contributed by atoms with Crippen LogP contribution in [0.4, 0.5) is 13.2 Å². The van der Waals surface area contributed by atoms with Crippen LogP contribution in [0.3, 0.4) is 0 Å². The van der Waals surface area contributed by atoms with Gasteiger partial charge in [0.25, 0.3) is 0 Å². The van der Waals surface area contributed by atoms with E-state index in [2.05, 4.69) is 0 Å². The molecular weight excluding hydrogens is 419 g/mol. The number of ketones is 1. The maximum atomic E-state index is 12.8. The van der Waals surface area contributed by atoms with Crippen LogP contribution in [0.1, 0.15) is 27.4 Å². The molecule has 0 aliphatic carbocycles. The minimum Gasteiger partial charge on any atom is -0.486 e. The van der Waals surface area contributed by atoms with E-state index in [1.807, 2.05) is 41.2 Å². The number of hydrogen-bond acceptors (Lipinski definition) is 3. The zero-order valence-electron chi connectivity index (χ0n) is 16.8. The second-order valence-electron chi connectivity index (χ2n) is 6.95. The summed E-state index contributed by atoms with van der Waals surface area (Å²) in [7, 11) is 0. The predicted octanol–water partition coefficient (Wildman–Crippen LogP) is 6.56. The summed E-state index contributed by atoms with van der Waals surface area (Å²) in [6.07, 6.45) is 2.35. The Morgan fingerprint density at radius 2 is 1.72 bits per heavy atom. The molecule has 0 aliphatic heterocycles. The van der Waals surface area contributed by atoms with Crippen LogP contribution in [0.2, 0.25) is 0 Å². The van der Waals surface area contributed by atoms with E-state index in [0.717, 1.165) is 17.8 Å². The molecule has 0 unspecified atom stereocenters. The van der Waals surface area contributed by atoms with Gasteiger partial charge in [0.15, 0.2) is 5.78 Å². The average Bonchev–Trinajstić information content (AvgIpc) is 3.48. The van der Waals surface area contributed by atoms with Gasteiger partial charge in [0.1, 0.15) is 23.9 Å². The molecule has 4 aromatic rings. The highest BCUT2D eigenvalue weighted by Crippen LogP contribution is 2.31. The number of halogens is 3. The summed E-state index contributed by atoms with van der Waals surface area (Å²) in [6, 6.07) is 19.0. The Balaban J connectivity index is 1.35. The van der Waals surface area contributed by atoms with Gasteiger partial charge in [-0.15, -0.1) is 0 Å². The smallest absolute Gasteiger partial charge is 0.416 e. The molecule has 32 heavy (non-hydrogen) atoms. The number of benzene rings is 2. The zero-order chi connectivity index (χ0) is 22.6. The van der Waals surface area contributed by atoms with E-state index >= 15 is 0 Å². The molecule has 4 nitrogen and oxygen atoms in total. The maximum absolute atomic E-state index is 12.8. The number of ether oxygens (including phenoxy) is 1. The number of hydrogen-bond donors (Lipinski definition) is 0. The van der Waals surface area contributed by atoms with Gasteiger partial charge in [-0.3, -0.25) is 4.79 Å². The van der Waals surface area contributed by atoms with Gasteiger partial charge in [0.2, 0.25) is 0 Å². The molecule has 0 fully saturated rings. The fraction of sp³-hybridized carbons (Fsp3) is 0.0800. The van der Waals surface area contributed by atoms with Crippen LogP contribution >= 0.6 is 0 Å². The number of carbonyl (C=O) groups is 1. The van der Waals surface area contributed by atoms with Crippen molar-refractivity contribution in [2.45, 2.75) is 12.8 Å². The summed E-state index contributed by atoms with van der Waals surface area (Å²) >= 11 is 0. The van der Waals surface area contributed by atoms with E-state index in [0.29, 0.717) is 17.1 Å². The van der Waals surface area contributed by atoms with E-state index < -0.39 is 11.7 Å². The van der Waals surface area contributed by atoms with E-state index in [9.17, 15) is 18.0 Å². The Hall–Kier alpha value is -4.00. The molecule has 4 rings (SSSR count). The first-order chi connectivity index (χ1) is 15.4. The molecule has 0 atom stereocenters. The lowest BCUT2D eigenvalue weighted by molar-refractivity contribution is -0.137. The molecule has 0 bridgehead atoms. The standard InChI is InChI=1S/C25H18F3NO3/c26-25(27,28)19-4-3-5-22(16-19)31-17-23-11-10-21(32-23)12-13-24(30)18-6-8-20(9-7-18)29-14-1-2-15-29/h1-16H,17H2/b13-12+. The monoisotopic (exact) mass is 437 g/mol. The summed E-state index contributed by atoms with van der Waals surface area (Å²) in [5.74, 6) is 0.768. The van der Waals surface area contributed by atoms with Crippen molar-refractivity contribution in [2.24, 2.45) is 0 Å². The van der Waals surface area contributed by atoms with Gasteiger partial charge < -0.3 is 13.7 Å². The molecule has 0 saturated heterocycles. The summed E-state index contributed by atoms with van der Waals surface area (Å²) in [6.45, 7) is -0.0377. The number of alkyl halides is 3. The van der Waals surface area contributed by atoms with Crippen molar-refractivity contribution in [3.8, 4) is 11.4 Å². The molecule has 0 N–H and O–H groups in total. The highest BCUT2D eigenvalue weighted by molar-refractivity contribution is 6.06. The quantitative estimate of drug-likeness (QED) is 0.243. The maximum Gasteiger partial charge on any atom is 0.416 e. The SMILES string of the molecule is O=C(/C=C/c1ccc(COc2cccc(C(F)(F)F)c2)o1)c1ccc(-n2cccc2)cc1. The first kappa shape index (κ1) is 21.2. The van der Waals surface area contributed by atoms with Crippen molar-refractivity contribution in [3.05, 3.63) is 114 Å². The van der Waals surface area contributed by atoms with Gasteiger partial charge in [-0.25, -0.2) is 0 Å². The van der Waals surface area contributed by atoms with Crippen molar-refractivity contribution in [2.75, 3.05) is 0 Å². The third-order valence-corrected chi connectivity index (χ3v) is 4.68. The normalized spacial score (nSPS) is 11.7. The summed E-state index contributed by atoms with van der Waals surface area (Å²) < 4.78 is 51.2. The van der Waals surface area contributed by atoms with E-state index in [1.54, 1.807) is 24.3 Å². The van der Waals surface area contributed by atoms with Gasteiger partial charge >= 0.3 is 6.18 Å². The zero-order valence-corrected chi connectivity index (χ0v) is 16.8. The van der Waals surface area contributed by atoms with E-state index in [4.69, 9.17) is 9.15 Å².